The Morgan fingerprint density at radius 2 is 0.438 bits per heavy atom. The van der Waals surface area contributed by atoms with Crippen LogP contribution in [0.25, 0.3) is 0 Å². The average molecular weight is 1520 g/mol. The summed E-state index contributed by atoms with van der Waals surface area (Å²) in [7, 11) is -11.5. The van der Waals surface area contributed by atoms with E-state index < -0.39 is 165 Å². The Hall–Kier alpha value is -11.7. The first-order chi connectivity index (χ1) is 50.0. The first-order valence-electron chi connectivity index (χ1n) is 32.2. The maximum Gasteiger partial charge on any atom is 0.549 e. The van der Waals surface area contributed by atoms with Crippen molar-refractivity contribution < 1.29 is 121 Å². The summed E-state index contributed by atoms with van der Waals surface area (Å²) >= 11 is 0. The summed E-state index contributed by atoms with van der Waals surface area (Å²) in [4.78, 5) is 180. The van der Waals surface area contributed by atoms with Crippen molar-refractivity contribution in [3.8, 4) is 0 Å². The van der Waals surface area contributed by atoms with Gasteiger partial charge in [-0.05, 0) is 73.5 Å². The molecule has 105 heavy (non-hydrogen) atoms. The molecule has 0 N–H and O–H groups in total. The highest BCUT2D eigenvalue weighted by Gasteiger charge is 2.36. The molecule has 0 fully saturated rings. The summed E-state index contributed by atoms with van der Waals surface area (Å²) in [5, 5.41) is 4.22. The van der Waals surface area contributed by atoms with E-state index >= 15 is 0 Å². The molecule has 2 unspecified atom stereocenters. The largest absolute Gasteiger partial charge is 0.549 e. The fourth-order valence-corrected chi connectivity index (χ4v) is 17.4. The van der Waals surface area contributed by atoms with Crippen LogP contribution in [0.15, 0.2) is 244 Å². The van der Waals surface area contributed by atoms with Gasteiger partial charge in [0, 0.05) is 17.8 Å². The Labute approximate surface area is 612 Å². The average Bonchev–Trinajstić information content (AvgIpc) is 0.850. The highest BCUT2D eigenvalue weighted by Crippen LogP contribution is 2.30. The minimum absolute atomic E-state index is 0.0271. The molecule has 0 heterocycles. The van der Waals surface area contributed by atoms with Crippen molar-refractivity contribution in [1.82, 2.24) is 0 Å². The molecule has 0 aromatic heterocycles. The predicted octanol–water partition coefficient (Wildman–Crippen LogP) is 11.9. The van der Waals surface area contributed by atoms with E-state index in [4.69, 9.17) is 62.8 Å². The Bertz CT molecular complexity index is 3790. The van der Waals surface area contributed by atoms with Crippen molar-refractivity contribution in [2.75, 3.05) is 33.0 Å². The van der Waals surface area contributed by atoms with E-state index in [-0.39, 0.29) is 27.8 Å². The zero-order valence-corrected chi connectivity index (χ0v) is 63.8. The molecule has 552 valence electrons. The van der Waals surface area contributed by atoms with E-state index in [0.29, 0.717) is 0 Å². The lowest BCUT2D eigenvalue weighted by atomic mass is 9.79. The molecule has 2 atom stereocenters. The Balaban J connectivity index is 1.48. The van der Waals surface area contributed by atoms with Crippen LogP contribution in [0.3, 0.4) is 0 Å². The second-order valence-corrected chi connectivity index (χ2v) is 44.0. The van der Waals surface area contributed by atoms with Crippen LogP contribution in [0.5, 0.6) is 0 Å². The van der Waals surface area contributed by atoms with Gasteiger partial charge >= 0.3 is 60.6 Å². The van der Waals surface area contributed by atoms with Gasteiger partial charge in [0.1, 0.15) is 40.4 Å². The molecule has 25 nitrogen and oxygen atoms in total. The molecule has 5 aromatic carbocycles. The van der Waals surface area contributed by atoms with Crippen LogP contribution in [-0.2, 0) is 72.6 Å². The molecule has 0 amide bonds. The molecule has 0 bridgehead atoms. The third kappa shape index (κ3) is 23.7. The topological polar surface area (TPSA) is 309 Å². The van der Waals surface area contributed by atoms with Gasteiger partial charge in [-0.25, -0.2) is 72.8 Å². The van der Waals surface area contributed by atoms with E-state index in [1.807, 2.05) is 32.7 Å². The molecule has 0 aliphatic carbocycles. The Morgan fingerprint density at radius 3 is 0.619 bits per heavy atom. The minimum atomic E-state index is -2.33. The summed E-state index contributed by atoms with van der Waals surface area (Å²) in [5.74, 6) is -9.88. The molecule has 30 heteroatoms. The van der Waals surface area contributed by atoms with Gasteiger partial charge in [0.15, 0.2) is 0 Å². The van der Waals surface area contributed by atoms with Crippen LogP contribution < -0.4 is 25.9 Å². The fraction of sp³-hybridized carbons (Fsp3) is 0.200. The van der Waals surface area contributed by atoms with Crippen molar-refractivity contribution in [2.24, 2.45) is 17.8 Å². The van der Waals surface area contributed by atoms with Crippen LogP contribution in [0.1, 0.15) is 64.6 Å². The third-order valence-corrected chi connectivity index (χ3v) is 34.1. The highest BCUT2D eigenvalue weighted by molar-refractivity contribution is 7.00. The smallest absolute Gasteiger partial charge is 0.432 e. The SMILES string of the molecule is C=C[Si](C)(C=C)c1ccc(C(=O)OOC(=O)OCCC(COC(=O)OOC(=O)c2ccc([Si](C)(C=C)C=C)cc2)C(COC(=O)OOC(=O)c2ccc([Si](C)(C=C)C=C)cc2)C(CCOC(=O)OOC(=O)c2ccc([Si](C)(C=C)C=C)cc2)COC(=O)OOC(=O)c2ccc([Si](C)(C=C)C=C)cc2)cc1. The molecular formula is C75H82O25Si5. The van der Waals surface area contributed by atoms with Crippen LogP contribution in [0.4, 0.5) is 24.0 Å². The normalized spacial score (nSPS) is 12.0. The molecule has 0 saturated heterocycles. The molecule has 0 aliphatic heterocycles. The van der Waals surface area contributed by atoms with Crippen molar-refractivity contribution in [2.45, 2.75) is 45.6 Å². The first kappa shape index (κ1) is 83.9. The maximum atomic E-state index is 13.6. The van der Waals surface area contributed by atoms with Gasteiger partial charge in [0.25, 0.3) is 0 Å². The van der Waals surface area contributed by atoms with Crippen LogP contribution in [-0.4, -0.2) is 134 Å². The van der Waals surface area contributed by atoms with Gasteiger partial charge in [0.05, 0.1) is 60.9 Å². The van der Waals surface area contributed by atoms with E-state index in [0.717, 1.165) is 25.9 Å². The first-order valence-corrected chi connectivity index (χ1v) is 45.4. The van der Waals surface area contributed by atoms with E-state index in [9.17, 15) is 47.9 Å². The molecule has 5 aromatic rings. The van der Waals surface area contributed by atoms with Gasteiger partial charge in [-0.1, -0.05) is 176 Å². The Morgan fingerprint density at radius 1 is 0.267 bits per heavy atom. The monoisotopic (exact) mass is 1520 g/mol. The Kier molecular flexibility index (Phi) is 31.7. The van der Waals surface area contributed by atoms with E-state index in [1.165, 1.54) is 60.7 Å². The van der Waals surface area contributed by atoms with Crippen LogP contribution >= 0.6 is 0 Å². The van der Waals surface area contributed by atoms with E-state index in [1.54, 1.807) is 118 Å². The molecular weight excluding hydrogens is 1440 g/mol. The van der Waals surface area contributed by atoms with Crippen molar-refractivity contribution in [1.29, 1.82) is 0 Å². The summed E-state index contributed by atoms with van der Waals surface area (Å²) < 4.78 is 27.0. The zero-order chi connectivity index (χ0) is 77.5. The summed E-state index contributed by atoms with van der Waals surface area (Å²) in [6.45, 7) is 44.6. The summed E-state index contributed by atoms with van der Waals surface area (Å²) in [5.41, 5.74) is 17.6. The number of rotatable bonds is 34. The molecule has 0 aliphatic rings. The standard InChI is InChI=1S/C75H82O25Si5/c1-16-101(11,17-2)60-36-26-53(27-37-60)66(76)91-96-71(81)86-48-46-58(50-88-73(83)98-93-68(78)55-30-40-62(41-31-55)103(13,20-5)21-6)65(52-90-75(85)100-95-70(80)57-34-44-64(45-35-57)105(15,24-9)25-10)59(51-89-74(84)99-94-69(79)56-32-42-63(43-33-56)104(14,22-7)23-8)47-49-87-72(82)97-92-67(77)54-28-38-61(39-29-54)102(12,18-3)19-4/h16-45,58-59,65H,1-10,46-52H2,11-15H3. The zero-order valence-electron chi connectivity index (χ0n) is 58.8. The molecule has 0 saturated carbocycles. The number of ether oxygens (including phenoxy) is 5. The summed E-state index contributed by atoms with van der Waals surface area (Å²) in [6, 6.07) is 30.7. The molecule has 5 rings (SSSR count). The second kappa shape index (κ2) is 39.6. The highest BCUT2D eigenvalue weighted by atomic mass is 28.3. The lowest BCUT2D eigenvalue weighted by Gasteiger charge is -2.32. The van der Waals surface area contributed by atoms with Crippen LogP contribution in [0.2, 0.25) is 32.7 Å². The number of hydrogen-bond acceptors (Lipinski definition) is 25. The van der Waals surface area contributed by atoms with Gasteiger partial charge in [0.2, 0.25) is 0 Å². The van der Waals surface area contributed by atoms with Crippen molar-refractivity contribution >= 4 is 127 Å². The number of carbonyl (C=O) groups is 10. The van der Waals surface area contributed by atoms with Gasteiger partial charge in [-0.15, -0.1) is 65.8 Å². The minimum Gasteiger partial charge on any atom is -0.432 e. The van der Waals surface area contributed by atoms with Gasteiger partial charge in [-0.3, -0.25) is 0 Å². The van der Waals surface area contributed by atoms with Crippen LogP contribution in [0, 0.1) is 17.8 Å². The molecule has 0 spiro atoms. The number of carbonyl (C=O) groups excluding carboxylic acids is 10. The fourth-order valence-electron chi connectivity index (χ4n) is 9.74. The van der Waals surface area contributed by atoms with Gasteiger partial charge < -0.3 is 23.7 Å². The third-order valence-electron chi connectivity index (χ3n) is 17.7. The number of benzene rings is 5. The quantitative estimate of drug-likeness (QED) is 0.0121. The molecule has 0 radical (unpaired) electrons. The maximum absolute atomic E-state index is 13.6. The second-order valence-electron chi connectivity index (χ2n) is 24.3. The lowest BCUT2D eigenvalue weighted by molar-refractivity contribution is -0.210. The van der Waals surface area contributed by atoms with Gasteiger partial charge in [-0.2, -0.15) is 24.0 Å². The predicted molar refractivity (Wildman–Crippen MR) is 399 cm³/mol. The number of hydrogen-bond donors (Lipinski definition) is 0. The lowest BCUT2D eigenvalue weighted by Crippen LogP contribution is -2.40. The summed E-state index contributed by atoms with van der Waals surface area (Å²) in [6.07, 6.45) is -9.14. The van der Waals surface area contributed by atoms with Crippen molar-refractivity contribution in [3.05, 3.63) is 272 Å². The van der Waals surface area contributed by atoms with Crippen molar-refractivity contribution in [3.63, 3.8) is 0 Å². The van der Waals surface area contributed by atoms with E-state index in [2.05, 4.69) is 75.6 Å².